The fourth-order valence-electron chi connectivity index (χ4n) is 2.11. The van der Waals surface area contributed by atoms with Crippen LogP contribution in [0, 0.1) is 5.41 Å². The summed E-state index contributed by atoms with van der Waals surface area (Å²) in [5, 5.41) is 0. The molecule has 0 amide bonds. The molecule has 20 heavy (non-hydrogen) atoms. The molecular formula is C18H20O2. The van der Waals surface area contributed by atoms with Crippen LogP contribution in [-0.2, 0) is 0 Å². The summed E-state index contributed by atoms with van der Waals surface area (Å²) in [6.07, 6.45) is 0. The first-order chi connectivity index (χ1) is 9.43. The average molecular weight is 268 g/mol. The molecule has 0 N–H and O–H groups in total. The van der Waals surface area contributed by atoms with Crippen molar-refractivity contribution in [2.45, 2.75) is 20.8 Å². The SMILES string of the molecule is COc1ccc(C(=O)C(C)(C)C)c(-c2ccccc2)c1. The van der Waals surface area contributed by atoms with Crippen LogP contribution in [0.1, 0.15) is 31.1 Å². The first-order valence-electron chi connectivity index (χ1n) is 6.72. The van der Waals surface area contributed by atoms with E-state index in [0.29, 0.717) is 0 Å². The number of carbonyl (C=O) groups excluding carboxylic acids is 1. The van der Waals surface area contributed by atoms with E-state index in [1.54, 1.807) is 7.11 Å². The first-order valence-corrected chi connectivity index (χ1v) is 6.72. The normalized spacial score (nSPS) is 11.2. The highest BCUT2D eigenvalue weighted by Crippen LogP contribution is 2.32. The lowest BCUT2D eigenvalue weighted by atomic mass is 9.83. The summed E-state index contributed by atoms with van der Waals surface area (Å²) in [5.41, 5.74) is 2.28. The third kappa shape index (κ3) is 2.90. The molecule has 2 aromatic carbocycles. The lowest BCUT2D eigenvalue weighted by molar-refractivity contribution is 0.0859. The topological polar surface area (TPSA) is 26.3 Å². The van der Waals surface area contributed by atoms with Crippen LogP contribution in [0.25, 0.3) is 11.1 Å². The van der Waals surface area contributed by atoms with Crippen molar-refractivity contribution in [3.63, 3.8) is 0 Å². The fourth-order valence-corrected chi connectivity index (χ4v) is 2.11. The van der Waals surface area contributed by atoms with E-state index in [-0.39, 0.29) is 5.78 Å². The standard InChI is InChI=1S/C18H20O2/c1-18(2,3)17(19)15-11-10-14(20-4)12-16(15)13-8-6-5-7-9-13/h5-12H,1-4H3. The maximum Gasteiger partial charge on any atom is 0.168 e. The predicted octanol–water partition coefficient (Wildman–Crippen LogP) is 4.59. The van der Waals surface area contributed by atoms with Gasteiger partial charge in [0.2, 0.25) is 0 Å². The van der Waals surface area contributed by atoms with Crippen molar-refractivity contribution in [2.24, 2.45) is 5.41 Å². The van der Waals surface area contributed by atoms with Gasteiger partial charge < -0.3 is 4.74 Å². The van der Waals surface area contributed by atoms with Gasteiger partial charge in [0.25, 0.3) is 0 Å². The van der Waals surface area contributed by atoms with Crippen LogP contribution in [0.5, 0.6) is 5.75 Å². The second kappa shape index (κ2) is 5.49. The molecule has 0 fully saturated rings. The molecule has 0 aliphatic rings. The molecule has 2 rings (SSSR count). The number of carbonyl (C=O) groups is 1. The number of rotatable bonds is 3. The summed E-state index contributed by atoms with van der Waals surface area (Å²) >= 11 is 0. The monoisotopic (exact) mass is 268 g/mol. The molecule has 0 bridgehead atoms. The summed E-state index contributed by atoms with van der Waals surface area (Å²) in [5.74, 6) is 0.897. The van der Waals surface area contributed by atoms with Gasteiger partial charge in [0, 0.05) is 11.0 Å². The molecule has 0 saturated carbocycles. The molecule has 104 valence electrons. The van der Waals surface area contributed by atoms with Gasteiger partial charge in [0.15, 0.2) is 5.78 Å². The number of hydrogen-bond donors (Lipinski definition) is 0. The lowest BCUT2D eigenvalue weighted by Gasteiger charge is -2.19. The molecule has 2 heteroatoms. The van der Waals surface area contributed by atoms with E-state index >= 15 is 0 Å². The summed E-state index contributed by atoms with van der Waals surface area (Å²) in [6.45, 7) is 5.82. The van der Waals surface area contributed by atoms with E-state index in [4.69, 9.17) is 4.74 Å². The number of benzene rings is 2. The van der Waals surface area contributed by atoms with Gasteiger partial charge in [-0.3, -0.25) is 4.79 Å². The van der Waals surface area contributed by atoms with Gasteiger partial charge in [-0.05, 0) is 29.3 Å². The van der Waals surface area contributed by atoms with Gasteiger partial charge in [-0.15, -0.1) is 0 Å². The molecule has 0 unspecified atom stereocenters. The van der Waals surface area contributed by atoms with Gasteiger partial charge in [0.05, 0.1) is 7.11 Å². The summed E-state index contributed by atoms with van der Waals surface area (Å²) in [6, 6.07) is 15.5. The maximum atomic E-state index is 12.6. The summed E-state index contributed by atoms with van der Waals surface area (Å²) in [7, 11) is 1.63. The van der Waals surface area contributed by atoms with Crippen LogP contribution in [-0.4, -0.2) is 12.9 Å². The molecule has 0 aliphatic heterocycles. The highest BCUT2D eigenvalue weighted by molar-refractivity contribution is 6.05. The quantitative estimate of drug-likeness (QED) is 0.761. The average Bonchev–Trinajstić information content (AvgIpc) is 2.46. The van der Waals surface area contributed by atoms with Gasteiger partial charge in [-0.25, -0.2) is 0 Å². The molecule has 0 aromatic heterocycles. The maximum absolute atomic E-state index is 12.6. The van der Waals surface area contributed by atoms with Gasteiger partial charge >= 0.3 is 0 Å². The molecule has 0 saturated heterocycles. The zero-order valence-corrected chi connectivity index (χ0v) is 12.4. The Balaban J connectivity index is 2.61. The highest BCUT2D eigenvalue weighted by atomic mass is 16.5. The van der Waals surface area contributed by atoms with Gasteiger partial charge in [-0.1, -0.05) is 51.1 Å². The Morgan fingerprint density at radius 3 is 2.20 bits per heavy atom. The van der Waals surface area contributed by atoms with Gasteiger partial charge in [0.1, 0.15) is 5.75 Å². The van der Waals surface area contributed by atoms with Gasteiger partial charge in [-0.2, -0.15) is 0 Å². The smallest absolute Gasteiger partial charge is 0.168 e. The van der Waals surface area contributed by atoms with E-state index in [1.165, 1.54) is 0 Å². The van der Waals surface area contributed by atoms with E-state index in [9.17, 15) is 4.79 Å². The molecule has 0 aliphatic carbocycles. The molecule has 0 spiro atoms. The first kappa shape index (κ1) is 14.3. The minimum Gasteiger partial charge on any atom is -0.497 e. The van der Waals surface area contributed by atoms with E-state index in [0.717, 1.165) is 22.4 Å². The number of ketones is 1. The Labute approximate surface area is 120 Å². The predicted molar refractivity (Wildman–Crippen MR) is 82.2 cm³/mol. The van der Waals surface area contributed by atoms with E-state index in [2.05, 4.69) is 0 Å². The summed E-state index contributed by atoms with van der Waals surface area (Å²) < 4.78 is 5.29. The Kier molecular flexibility index (Phi) is 3.93. The molecule has 0 radical (unpaired) electrons. The van der Waals surface area contributed by atoms with Crippen LogP contribution in [0.15, 0.2) is 48.5 Å². The second-order valence-corrected chi connectivity index (χ2v) is 5.86. The molecule has 0 atom stereocenters. The third-order valence-electron chi connectivity index (χ3n) is 3.24. The zero-order valence-electron chi connectivity index (χ0n) is 12.4. The van der Waals surface area contributed by atoms with Crippen LogP contribution in [0.3, 0.4) is 0 Å². The van der Waals surface area contributed by atoms with Crippen molar-refractivity contribution < 1.29 is 9.53 Å². The second-order valence-electron chi connectivity index (χ2n) is 5.86. The molecule has 2 aromatic rings. The lowest BCUT2D eigenvalue weighted by Crippen LogP contribution is -2.20. The van der Waals surface area contributed by atoms with E-state index < -0.39 is 5.41 Å². The Hall–Kier alpha value is -2.09. The number of Topliss-reactive ketones (excluding diaryl/α,β-unsaturated/α-hetero) is 1. The van der Waals surface area contributed by atoms with Crippen LogP contribution in [0.2, 0.25) is 0 Å². The fraction of sp³-hybridized carbons (Fsp3) is 0.278. The zero-order chi connectivity index (χ0) is 14.8. The van der Waals surface area contributed by atoms with Crippen LogP contribution < -0.4 is 4.74 Å². The van der Waals surface area contributed by atoms with Crippen molar-refractivity contribution >= 4 is 5.78 Å². The number of hydrogen-bond acceptors (Lipinski definition) is 2. The third-order valence-corrected chi connectivity index (χ3v) is 3.24. The highest BCUT2D eigenvalue weighted by Gasteiger charge is 2.25. The van der Waals surface area contributed by atoms with Crippen LogP contribution >= 0.6 is 0 Å². The Morgan fingerprint density at radius 1 is 1.00 bits per heavy atom. The van der Waals surface area contributed by atoms with Crippen molar-refractivity contribution in [3.8, 4) is 16.9 Å². The number of ether oxygens (including phenoxy) is 1. The number of methoxy groups -OCH3 is 1. The van der Waals surface area contributed by atoms with Crippen molar-refractivity contribution in [1.29, 1.82) is 0 Å². The minimum atomic E-state index is -0.405. The Morgan fingerprint density at radius 2 is 1.65 bits per heavy atom. The van der Waals surface area contributed by atoms with Crippen LogP contribution in [0.4, 0.5) is 0 Å². The van der Waals surface area contributed by atoms with Crippen molar-refractivity contribution in [1.82, 2.24) is 0 Å². The van der Waals surface area contributed by atoms with Crippen molar-refractivity contribution in [2.75, 3.05) is 7.11 Å². The molecular weight excluding hydrogens is 248 g/mol. The minimum absolute atomic E-state index is 0.138. The molecule has 0 heterocycles. The van der Waals surface area contributed by atoms with Crippen molar-refractivity contribution in [3.05, 3.63) is 54.1 Å². The molecule has 2 nitrogen and oxygen atoms in total. The summed E-state index contributed by atoms with van der Waals surface area (Å²) in [4.78, 5) is 12.6. The van der Waals surface area contributed by atoms with E-state index in [1.807, 2.05) is 69.3 Å². The largest absolute Gasteiger partial charge is 0.497 e. The Bertz CT molecular complexity index is 607.